The minimum atomic E-state index is -0.242. The molecule has 0 aliphatic carbocycles. The Kier molecular flexibility index (Phi) is 7.34. The lowest BCUT2D eigenvalue weighted by atomic mass is 10.1. The summed E-state index contributed by atoms with van der Waals surface area (Å²) in [6, 6.07) is 0. The van der Waals surface area contributed by atoms with E-state index in [9.17, 15) is 4.79 Å². The van der Waals surface area contributed by atoms with E-state index >= 15 is 0 Å². The maximum absolute atomic E-state index is 11.9. The average Bonchev–Trinajstić information content (AvgIpc) is 2.41. The second-order valence-corrected chi connectivity index (χ2v) is 5.55. The number of aromatic nitrogens is 2. The van der Waals surface area contributed by atoms with E-state index in [2.05, 4.69) is 46.1 Å². The summed E-state index contributed by atoms with van der Waals surface area (Å²) in [5.74, 6) is 3.03. The van der Waals surface area contributed by atoms with Gasteiger partial charge in [-0.3, -0.25) is 4.79 Å². The summed E-state index contributed by atoms with van der Waals surface area (Å²) in [6.45, 7) is 6.45. The number of halogens is 1. The fourth-order valence-corrected chi connectivity index (χ4v) is 1.91. The lowest BCUT2D eigenvalue weighted by Gasteiger charge is -2.10. The molecule has 0 amide bonds. The van der Waals surface area contributed by atoms with Gasteiger partial charge in [0.05, 0.1) is 18.5 Å². The predicted octanol–water partition coefficient (Wildman–Crippen LogP) is 2.11. The van der Waals surface area contributed by atoms with Crippen molar-refractivity contribution in [1.29, 1.82) is 0 Å². The third kappa shape index (κ3) is 5.35. The Bertz CT molecular complexity index is 520. The Morgan fingerprint density at radius 2 is 2.30 bits per heavy atom. The van der Waals surface area contributed by atoms with Gasteiger partial charge in [-0.2, -0.15) is 5.10 Å². The molecule has 0 radical (unpaired) electrons. The van der Waals surface area contributed by atoms with Crippen LogP contribution in [0.5, 0.6) is 0 Å². The molecule has 0 aliphatic rings. The molecule has 0 atom stereocenters. The molecule has 0 spiro atoms. The Morgan fingerprint density at radius 3 is 2.95 bits per heavy atom. The lowest BCUT2D eigenvalue weighted by molar-refractivity contribution is 0.132. The van der Waals surface area contributed by atoms with E-state index < -0.39 is 0 Å². The van der Waals surface area contributed by atoms with E-state index in [0.717, 1.165) is 13.0 Å². The summed E-state index contributed by atoms with van der Waals surface area (Å²) < 4.78 is 7.16. The normalized spacial score (nSPS) is 10.6. The average molecular weight is 342 g/mol. The predicted molar refractivity (Wildman–Crippen MR) is 83.8 cm³/mol. The number of hydrogen-bond acceptors (Lipinski definition) is 4. The summed E-state index contributed by atoms with van der Waals surface area (Å²) in [5.41, 5.74) is 0.407. The van der Waals surface area contributed by atoms with E-state index in [1.165, 1.54) is 4.68 Å². The molecular formula is C14H20BrN3O2. The van der Waals surface area contributed by atoms with Gasteiger partial charge in [0.2, 0.25) is 0 Å². The largest absolute Gasteiger partial charge is 0.380 e. The van der Waals surface area contributed by atoms with Gasteiger partial charge in [-0.25, -0.2) is 4.68 Å². The van der Waals surface area contributed by atoms with Crippen LogP contribution in [-0.4, -0.2) is 29.5 Å². The highest BCUT2D eigenvalue weighted by Gasteiger charge is 2.07. The number of terminal acetylenes is 1. The SMILES string of the molecule is C#CCn1ncc(NCCOCCC(C)C)c(Br)c1=O. The van der Waals surface area contributed by atoms with Crippen LogP contribution in [0.25, 0.3) is 0 Å². The van der Waals surface area contributed by atoms with Crippen LogP contribution in [0.15, 0.2) is 15.5 Å². The summed E-state index contributed by atoms with van der Waals surface area (Å²) in [7, 11) is 0. The van der Waals surface area contributed by atoms with E-state index in [0.29, 0.717) is 29.2 Å². The van der Waals surface area contributed by atoms with Crippen LogP contribution in [0.2, 0.25) is 0 Å². The first kappa shape index (κ1) is 16.7. The Hall–Kier alpha value is -1.32. The van der Waals surface area contributed by atoms with Crippen molar-refractivity contribution in [2.75, 3.05) is 25.1 Å². The zero-order valence-corrected chi connectivity index (χ0v) is 13.4. The fourth-order valence-electron chi connectivity index (χ4n) is 1.47. The van der Waals surface area contributed by atoms with Crippen molar-refractivity contribution in [3.8, 4) is 12.3 Å². The maximum Gasteiger partial charge on any atom is 0.284 e. The van der Waals surface area contributed by atoms with Crippen molar-refractivity contribution in [1.82, 2.24) is 9.78 Å². The third-order valence-electron chi connectivity index (χ3n) is 2.63. The number of ether oxygens (including phenoxy) is 1. The highest BCUT2D eigenvalue weighted by Crippen LogP contribution is 2.15. The van der Waals surface area contributed by atoms with Crippen molar-refractivity contribution < 1.29 is 4.74 Å². The van der Waals surface area contributed by atoms with Crippen LogP contribution in [-0.2, 0) is 11.3 Å². The number of anilines is 1. The zero-order valence-electron chi connectivity index (χ0n) is 11.9. The first-order valence-corrected chi connectivity index (χ1v) is 7.36. The molecule has 6 heteroatoms. The smallest absolute Gasteiger partial charge is 0.284 e. The van der Waals surface area contributed by atoms with Crippen molar-refractivity contribution in [2.45, 2.75) is 26.8 Å². The Morgan fingerprint density at radius 1 is 1.55 bits per heavy atom. The lowest BCUT2D eigenvalue weighted by Crippen LogP contribution is -2.24. The van der Waals surface area contributed by atoms with Gasteiger partial charge >= 0.3 is 0 Å². The van der Waals surface area contributed by atoms with Gasteiger partial charge in [0.15, 0.2) is 0 Å². The number of rotatable bonds is 8. The molecule has 1 rings (SSSR count). The van der Waals surface area contributed by atoms with Crippen LogP contribution in [0, 0.1) is 18.3 Å². The van der Waals surface area contributed by atoms with Gasteiger partial charge < -0.3 is 10.1 Å². The van der Waals surface area contributed by atoms with Crippen molar-refractivity contribution >= 4 is 21.6 Å². The van der Waals surface area contributed by atoms with Gasteiger partial charge in [-0.1, -0.05) is 19.8 Å². The maximum atomic E-state index is 11.9. The first-order valence-electron chi connectivity index (χ1n) is 6.57. The van der Waals surface area contributed by atoms with E-state index in [1.54, 1.807) is 6.20 Å². The van der Waals surface area contributed by atoms with E-state index in [4.69, 9.17) is 11.2 Å². The second kappa shape index (κ2) is 8.77. The molecule has 0 saturated heterocycles. The van der Waals surface area contributed by atoms with Gasteiger partial charge in [0, 0.05) is 13.2 Å². The molecule has 20 heavy (non-hydrogen) atoms. The standard InChI is InChI=1S/C14H20BrN3O2/c1-4-7-18-14(19)13(15)12(10-17-18)16-6-9-20-8-5-11(2)3/h1,10-11,16H,5-9H2,2-3H3. The zero-order chi connectivity index (χ0) is 15.0. The fraction of sp³-hybridized carbons (Fsp3) is 0.571. The third-order valence-corrected chi connectivity index (χ3v) is 3.39. The summed E-state index contributed by atoms with van der Waals surface area (Å²) in [4.78, 5) is 11.9. The molecule has 0 aromatic carbocycles. The molecule has 0 aliphatic heterocycles. The number of nitrogens with one attached hydrogen (secondary N) is 1. The minimum Gasteiger partial charge on any atom is -0.380 e. The molecule has 0 fully saturated rings. The van der Waals surface area contributed by atoms with Crippen LogP contribution in [0.3, 0.4) is 0 Å². The van der Waals surface area contributed by atoms with Crippen LogP contribution in [0.4, 0.5) is 5.69 Å². The highest BCUT2D eigenvalue weighted by atomic mass is 79.9. The molecule has 1 heterocycles. The summed E-state index contributed by atoms with van der Waals surface area (Å²) in [6.07, 6.45) is 7.80. The van der Waals surface area contributed by atoms with E-state index in [1.807, 2.05) is 0 Å². The summed E-state index contributed by atoms with van der Waals surface area (Å²) >= 11 is 3.26. The van der Waals surface area contributed by atoms with Gasteiger partial charge in [0.25, 0.3) is 5.56 Å². The topological polar surface area (TPSA) is 56.1 Å². The monoisotopic (exact) mass is 341 g/mol. The van der Waals surface area contributed by atoms with Gasteiger partial charge in [-0.15, -0.1) is 6.42 Å². The van der Waals surface area contributed by atoms with Gasteiger partial charge in [0.1, 0.15) is 11.0 Å². The highest BCUT2D eigenvalue weighted by molar-refractivity contribution is 9.10. The molecule has 1 aromatic rings. The van der Waals surface area contributed by atoms with Crippen molar-refractivity contribution in [2.24, 2.45) is 5.92 Å². The molecule has 1 aromatic heterocycles. The Balaban J connectivity index is 2.44. The first-order chi connectivity index (χ1) is 9.56. The van der Waals surface area contributed by atoms with Gasteiger partial charge in [-0.05, 0) is 28.3 Å². The molecule has 0 unspecified atom stereocenters. The van der Waals surface area contributed by atoms with Crippen LogP contribution >= 0.6 is 15.9 Å². The molecule has 0 saturated carbocycles. The molecular weight excluding hydrogens is 322 g/mol. The summed E-state index contributed by atoms with van der Waals surface area (Å²) in [5, 5.41) is 7.11. The molecule has 1 N–H and O–H groups in total. The molecule has 5 nitrogen and oxygen atoms in total. The van der Waals surface area contributed by atoms with E-state index in [-0.39, 0.29) is 12.1 Å². The van der Waals surface area contributed by atoms with Crippen molar-refractivity contribution in [3.63, 3.8) is 0 Å². The second-order valence-electron chi connectivity index (χ2n) is 4.76. The molecule has 110 valence electrons. The number of nitrogens with zero attached hydrogens (tertiary/aromatic N) is 2. The van der Waals surface area contributed by atoms with Crippen LogP contribution in [0.1, 0.15) is 20.3 Å². The van der Waals surface area contributed by atoms with Crippen LogP contribution < -0.4 is 10.9 Å². The Labute approximate surface area is 127 Å². The number of hydrogen-bond donors (Lipinski definition) is 1. The minimum absolute atomic E-state index is 0.163. The molecule has 0 bridgehead atoms. The van der Waals surface area contributed by atoms with Crippen molar-refractivity contribution in [3.05, 3.63) is 21.0 Å². The quantitative estimate of drug-likeness (QED) is 0.581.